The number of benzene rings is 2. The Morgan fingerprint density at radius 1 is 1.21 bits per heavy atom. The maximum Gasteiger partial charge on any atom is 0.0254 e. The van der Waals surface area contributed by atoms with Gasteiger partial charge in [0.15, 0.2) is 0 Å². The molecule has 0 aromatic heterocycles. The van der Waals surface area contributed by atoms with E-state index in [0.717, 1.165) is 19.3 Å². The third kappa shape index (κ3) is 3.66. The van der Waals surface area contributed by atoms with Gasteiger partial charge >= 0.3 is 0 Å². The second kappa shape index (κ2) is 6.50. The summed E-state index contributed by atoms with van der Waals surface area (Å²) in [6.45, 7) is 6.01. The predicted octanol–water partition coefficient (Wildman–Crippen LogP) is 3.57. The fourth-order valence-corrected chi connectivity index (χ4v) is 2.40. The second-order valence-corrected chi connectivity index (χ2v) is 5.20. The smallest absolute Gasteiger partial charge is 0.0254 e. The van der Waals surface area contributed by atoms with Gasteiger partial charge in [-0.3, -0.25) is 11.3 Å². The van der Waals surface area contributed by atoms with Crippen molar-refractivity contribution in [3.05, 3.63) is 60.2 Å². The lowest BCUT2D eigenvalue weighted by Crippen LogP contribution is -2.36. The third-order valence-corrected chi connectivity index (χ3v) is 3.50. The molecule has 0 aliphatic carbocycles. The summed E-state index contributed by atoms with van der Waals surface area (Å²) in [5.41, 5.74) is 5.49. The topological polar surface area (TPSA) is 38.0 Å². The van der Waals surface area contributed by atoms with Crippen LogP contribution >= 0.6 is 0 Å². The molecular weight excluding hydrogens is 232 g/mol. The highest BCUT2D eigenvalue weighted by Crippen LogP contribution is 2.20. The lowest BCUT2D eigenvalue weighted by molar-refractivity contribution is 0.492. The number of rotatable bonds is 6. The Hall–Kier alpha value is -1.64. The highest BCUT2D eigenvalue weighted by atomic mass is 15.2. The van der Waals surface area contributed by atoms with Crippen LogP contribution in [0.15, 0.2) is 54.6 Å². The van der Waals surface area contributed by atoms with Crippen LogP contribution in [0.2, 0.25) is 0 Å². The molecule has 2 rings (SSSR count). The van der Waals surface area contributed by atoms with E-state index in [0.29, 0.717) is 6.04 Å². The van der Waals surface area contributed by atoms with E-state index in [1.807, 2.05) is 0 Å². The average Bonchev–Trinajstić information content (AvgIpc) is 2.43. The van der Waals surface area contributed by atoms with E-state index in [1.54, 1.807) is 0 Å². The van der Waals surface area contributed by atoms with E-state index in [-0.39, 0.29) is 0 Å². The van der Waals surface area contributed by atoms with Crippen molar-refractivity contribution in [2.75, 3.05) is 0 Å². The zero-order chi connectivity index (χ0) is 13.7. The number of fused-ring (bicyclic) bond motifs is 1. The molecule has 0 spiro atoms. The van der Waals surface area contributed by atoms with Gasteiger partial charge in [-0.05, 0) is 42.5 Å². The molecular formula is C17H22N2. The maximum absolute atomic E-state index is 5.67. The van der Waals surface area contributed by atoms with Crippen LogP contribution in [0.4, 0.5) is 0 Å². The molecule has 2 heteroatoms. The van der Waals surface area contributed by atoms with Gasteiger partial charge in [0.05, 0.1) is 0 Å². The third-order valence-electron chi connectivity index (χ3n) is 3.50. The summed E-state index contributed by atoms with van der Waals surface area (Å²) in [5.74, 6) is 5.67. The number of allylic oxidation sites excluding steroid dienone is 1. The first-order chi connectivity index (χ1) is 9.20. The van der Waals surface area contributed by atoms with Crippen LogP contribution in [0, 0.1) is 0 Å². The fourth-order valence-electron chi connectivity index (χ4n) is 2.40. The van der Waals surface area contributed by atoms with Crippen LogP contribution in [-0.4, -0.2) is 6.04 Å². The van der Waals surface area contributed by atoms with Crippen LogP contribution < -0.4 is 11.3 Å². The summed E-state index contributed by atoms with van der Waals surface area (Å²) < 4.78 is 0. The molecule has 100 valence electrons. The van der Waals surface area contributed by atoms with Crippen LogP contribution in [0.3, 0.4) is 0 Å². The highest BCUT2D eigenvalue weighted by Gasteiger charge is 2.09. The molecule has 2 nitrogen and oxygen atoms in total. The Bertz CT molecular complexity index is 555. The molecule has 2 aromatic carbocycles. The Morgan fingerprint density at radius 3 is 2.68 bits per heavy atom. The van der Waals surface area contributed by atoms with Crippen molar-refractivity contribution in [2.24, 2.45) is 5.84 Å². The van der Waals surface area contributed by atoms with E-state index >= 15 is 0 Å². The summed E-state index contributed by atoms with van der Waals surface area (Å²) in [4.78, 5) is 0. The molecule has 1 unspecified atom stereocenters. The van der Waals surface area contributed by atoms with Crippen LogP contribution in [0.1, 0.15) is 25.3 Å². The molecule has 0 saturated heterocycles. The Labute approximate surface area is 115 Å². The molecule has 0 saturated carbocycles. The number of hydrazine groups is 1. The lowest BCUT2D eigenvalue weighted by Gasteiger charge is -2.17. The van der Waals surface area contributed by atoms with Gasteiger partial charge < -0.3 is 0 Å². The number of hydrogen-bond acceptors (Lipinski definition) is 2. The molecule has 3 N–H and O–H groups in total. The van der Waals surface area contributed by atoms with Crippen LogP contribution in [0.25, 0.3) is 10.8 Å². The standard InChI is InChI=1S/C17H22N2/c1-13(2)10-11-16(19-18)12-15-8-5-7-14-6-3-4-9-17(14)15/h3-9,16,19H,1,10-12,18H2,2H3. The summed E-state index contributed by atoms with van der Waals surface area (Å²) in [7, 11) is 0. The minimum Gasteiger partial charge on any atom is -0.271 e. The molecule has 0 fully saturated rings. The van der Waals surface area contributed by atoms with Gasteiger partial charge in [0.2, 0.25) is 0 Å². The fraction of sp³-hybridized carbons (Fsp3) is 0.294. The summed E-state index contributed by atoms with van der Waals surface area (Å²) in [6, 6.07) is 15.2. The zero-order valence-electron chi connectivity index (χ0n) is 11.5. The van der Waals surface area contributed by atoms with Gasteiger partial charge in [-0.25, -0.2) is 0 Å². The van der Waals surface area contributed by atoms with Gasteiger partial charge in [0, 0.05) is 6.04 Å². The van der Waals surface area contributed by atoms with Crippen LogP contribution in [-0.2, 0) is 6.42 Å². The summed E-state index contributed by atoms with van der Waals surface area (Å²) >= 11 is 0. The van der Waals surface area contributed by atoms with Gasteiger partial charge in [-0.1, -0.05) is 48.0 Å². The molecule has 0 amide bonds. The van der Waals surface area contributed by atoms with E-state index in [1.165, 1.54) is 21.9 Å². The zero-order valence-corrected chi connectivity index (χ0v) is 11.5. The molecule has 19 heavy (non-hydrogen) atoms. The average molecular weight is 254 g/mol. The van der Waals surface area contributed by atoms with Gasteiger partial charge in [0.1, 0.15) is 0 Å². The maximum atomic E-state index is 5.67. The number of nitrogens with one attached hydrogen (secondary N) is 1. The molecule has 0 aliphatic rings. The van der Waals surface area contributed by atoms with Gasteiger partial charge in [-0.15, -0.1) is 6.58 Å². The van der Waals surface area contributed by atoms with Gasteiger partial charge in [0.25, 0.3) is 0 Å². The van der Waals surface area contributed by atoms with E-state index in [2.05, 4.69) is 61.4 Å². The van der Waals surface area contributed by atoms with E-state index in [9.17, 15) is 0 Å². The van der Waals surface area contributed by atoms with E-state index < -0.39 is 0 Å². The highest BCUT2D eigenvalue weighted by molar-refractivity contribution is 5.85. The Kier molecular flexibility index (Phi) is 4.72. The molecule has 0 heterocycles. The summed E-state index contributed by atoms with van der Waals surface area (Å²) in [6.07, 6.45) is 2.99. The van der Waals surface area contributed by atoms with Crippen molar-refractivity contribution in [1.29, 1.82) is 0 Å². The number of hydrogen-bond donors (Lipinski definition) is 2. The minimum atomic E-state index is 0.294. The minimum absolute atomic E-state index is 0.294. The SMILES string of the molecule is C=C(C)CCC(Cc1cccc2ccccc12)NN. The Balaban J connectivity index is 2.17. The van der Waals surface area contributed by atoms with Crippen molar-refractivity contribution in [3.63, 3.8) is 0 Å². The molecule has 0 bridgehead atoms. The summed E-state index contributed by atoms with van der Waals surface area (Å²) in [5, 5.41) is 2.61. The lowest BCUT2D eigenvalue weighted by atomic mass is 9.96. The molecule has 0 aliphatic heterocycles. The molecule has 0 radical (unpaired) electrons. The van der Waals surface area contributed by atoms with Crippen molar-refractivity contribution < 1.29 is 0 Å². The first-order valence-corrected chi connectivity index (χ1v) is 6.78. The van der Waals surface area contributed by atoms with Crippen LogP contribution in [0.5, 0.6) is 0 Å². The first kappa shape index (κ1) is 13.8. The van der Waals surface area contributed by atoms with Crippen molar-refractivity contribution in [3.8, 4) is 0 Å². The first-order valence-electron chi connectivity index (χ1n) is 6.78. The van der Waals surface area contributed by atoms with Gasteiger partial charge in [-0.2, -0.15) is 0 Å². The largest absolute Gasteiger partial charge is 0.271 e. The van der Waals surface area contributed by atoms with Crippen molar-refractivity contribution >= 4 is 10.8 Å². The molecule has 2 aromatic rings. The predicted molar refractivity (Wildman–Crippen MR) is 82.8 cm³/mol. The van der Waals surface area contributed by atoms with Crippen molar-refractivity contribution in [2.45, 2.75) is 32.2 Å². The number of nitrogens with two attached hydrogens (primary N) is 1. The van der Waals surface area contributed by atoms with E-state index in [4.69, 9.17) is 5.84 Å². The normalized spacial score (nSPS) is 12.5. The quantitative estimate of drug-likeness (QED) is 0.470. The Morgan fingerprint density at radius 2 is 1.95 bits per heavy atom. The second-order valence-electron chi connectivity index (χ2n) is 5.20. The molecule has 1 atom stereocenters. The monoisotopic (exact) mass is 254 g/mol. The van der Waals surface area contributed by atoms with Crippen molar-refractivity contribution in [1.82, 2.24) is 5.43 Å².